The first-order valence-corrected chi connectivity index (χ1v) is 15.9. The van der Waals surface area contributed by atoms with Gasteiger partial charge < -0.3 is 4.42 Å². The standard InChI is InChI=1S/C16H16O.C16H18.C10H14/c1-11(2)9-12-7-8-16-14(10-12)13-5-3-4-6-15(13)17-16;1-13(2)12-14-8-10-16(11-9-14)15-6-4-3-5-7-15;1-9(2)8-10-6-4-3-5-7-10/h3-8,10-11H,9H2,1-2H3;3-11,13H,12H2,1-2H3;3-7,9H,8H2,1-2H3. The maximum Gasteiger partial charge on any atom is 0.135 e. The van der Waals surface area contributed by atoms with Gasteiger partial charge in [-0.1, -0.05) is 151 Å². The van der Waals surface area contributed by atoms with Crippen molar-refractivity contribution in [2.24, 2.45) is 17.8 Å². The highest BCUT2D eigenvalue weighted by molar-refractivity contribution is 6.04. The monoisotopic (exact) mass is 568 g/mol. The molecule has 0 N–H and O–H groups in total. The quantitative estimate of drug-likeness (QED) is 0.187. The third-order valence-electron chi connectivity index (χ3n) is 7.28. The molecule has 1 nitrogen and oxygen atoms in total. The van der Waals surface area contributed by atoms with Crippen molar-refractivity contribution in [3.8, 4) is 11.1 Å². The Labute approximate surface area is 259 Å². The molecule has 1 heterocycles. The van der Waals surface area contributed by atoms with Gasteiger partial charge in [0.15, 0.2) is 0 Å². The van der Waals surface area contributed by atoms with Crippen molar-refractivity contribution < 1.29 is 4.42 Å². The molecule has 0 saturated carbocycles. The lowest BCUT2D eigenvalue weighted by molar-refractivity contribution is 0.646. The van der Waals surface area contributed by atoms with Gasteiger partial charge in [0.1, 0.15) is 11.2 Å². The van der Waals surface area contributed by atoms with Crippen molar-refractivity contribution >= 4 is 21.9 Å². The van der Waals surface area contributed by atoms with Crippen molar-refractivity contribution in [2.45, 2.75) is 60.8 Å². The largest absolute Gasteiger partial charge is 0.456 e. The molecule has 0 aliphatic heterocycles. The Balaban J connectivity index is 0.000000153. The molecule has 0 amide bonds. The Morgan fingerprint density at radius 3 is 1.44 bits per heavy atom. The highest BCUT2D eigenvalue weighted by Gasteiger charge is 2.07. The van der Waals surface area contributed by atoms with Crippen LogP contribution in [0.3, 0.4) is 0 Å². The first-order chi connectivity index (χ1) is 20.8. The van der Waals surface area contributed by atoms with Crippen LogP contribution in [0.25, 0.3) is 33.1 Å². The number of fused-ring (bicyclic) bond motifs is 3. The number of rotatable bonds is 7. The molecule has 0 saturated heterocycles. The first kappa shape index (κ1) is 31.8. The van der Waals surface area contributed by atoms with E-state index in [1.54, 1.807) is 0 Å². The third-order valence-corrected chi connectivity index (χ3v) is 7.28. The fourth-order valence-corrected chi connectivity index (χ4v) is 5.39. The predicted molar refractivity (Wildman–Crippen MR) is 188 cm³/mol. The summed E-state index contributed by atoms with van der Waals surface area (Å²) >= 11 is 0. The van der Waals surface area contributed by atoms with E-state index in [0.29, 0.717) is 5.92 Å². The van der Waals surface area contributed by atoms with Gasteiger partial charge in [0.05, 0.1) is 0 Å². The number of furan rings is 1. The Morgan fingerprint density at radius 1 is 0.395 bits per heavy atom. The number of hydrogen-bond donors (Lipinski definition) is 0. The second kappa shape index (κ2) is 15.9. The zero-order valence-corrected chi connectivity index (χ0v) is 26.9. The molecule has 0 spiro atoms. The number of para-hydroxylation sites is 1. The van der Waals surface area contributed by atoms with Gasteiger partial charge in [-0.2, -0.15) is 0 Å². The Bertz CT molecular complexity index is 1640. The topological polar surface area (TPSA) is 13.1 Å². The van der Waals surface area contributed by atoms with Gasteiger partial charge >= 0.3 is 0 Å². The molecule has 1 aromatic heterocycles. The van der Waals surface area contributed by atoms with E-state index in [1.807, 2.05) is 12.1 Å². The predicted octanol–water partition coefficient (Wildman–Crippen LogP) is 12.2. The lowest BCUT2D eigenvalue weighted by Gasteiger charge is -2.06. The highest BCUT2D eigenvalue weighted by Crippen LogP contribution is 2.29. The molecule has 1 heteroatoms. The van der Waals surface area contributed by atoms with E-state index in [-0.39, 0.29) is 0 Å². The zero-order valence-electron chi connectivity index (χ0n) is 26.9. The molecule has 43 heavy (non-hydrogen) atoms. The van der Waals surface area contributed by atoms with Gasteiger partial charge in [-0.25, -0.2) is 0 Å². The molecule has 0 atom stereocenters. The lowest BCUT2D eigenvalue weighted by atomic mass is 9.99. The van der Waals surface area contributed by atoms with E-state index in [9.17, 15) is 0 Å². The van der Waals surface area contributed by atoms with Crippen LogP contribution in [0.1, 0.15) is 58.2 Å². The average Bonchev–Trinajstić information content (AvgIpc) is 3.36. The second-order valence-corrected chi connectivity index (χ2v) is 12.8. The Morgan fingerprint density at radius 2 is 0.837 bits per heavy atom. The summed E-state index contributed by atoms with van der Waals surface area (Å²) in [6, 6.07) is 44.8. The zero-order chi connectivity index (χ0) is 30.6. The summed E-state index contributed by atoms with van der Waals surface area (Å²) in [6.45, 7) is 13.5. The van der Waals surface area contributed by atoms with Crippen LogP contribution in [0.5, 0.6) is 0 Å². The average molecular weight is 569 g/mol. The van der Waals surface area contributed by atoms with Crippen LogP contribution in [0, 0.1) is 17.8 Å². The molecule has 0 unspecified atom stereocenters. The summed E-state index contributed by atoms with van der Waals surface area (Å²) in [6.07, 6.45) is 3.48. The van der Waals surface area contributed by atoms with Crippen LogP contribution in [-0.4, -0.2) is 0 Å². The minimum absolute atomic E-state index is 0.686. The van der Waals surface area contributed by atoms with Gasteiger partial charge in [0.2, 0.25) is 0 Å². The normalized spacial score (nSPS) is 11.0. The Kier molecular flexibility index (Phi) is 11.8. The van der Waals surface area contributed by atoms with E-state index in [1.165, 1.54) is 45.0 Å². The van der Waals surface area contributed by atoms with Gasteiger partial charge in [-0.3, -0.25) is 0 Å². The van der Waals surface area contributed by atoms with E-state index in [0.717, 1.165) is 35.8 Å². The van der Waals surface area contributed by atoms with E-state index in [2.05, 4.69) is 157 Å². The molecule has 5 aromatic carbocycles. The van der Waals surface area contributed by atoms with Crippen LogP contribution in [-0.2, 0) is 19.3 Å². The molecule has 0 fully saturated rings. The summed E-state index contributed by atoms with van der Waals surface area (Å²) in [5.41, 5.74) is 8.81. The fourth-order valence-electron chi connectivity index (χ4n) is 5.39. The van der Waals surface area contributed by atoms with Crippen molar-refractivity contribution in [3.05, 3.63) is 144 Å². The highest BCUT2D eigenvalue weighted by atomic mass is 16.3. The smallest absolute Gasteiger partial charge is 0.135 e. The van der Waals surface area contributed by atoms with Crippen molar-refractivity contribution in [2.75, 3.05) is 0 Å². The summed E-state index contributed by atoms with van der Waals surface area (Å²) < 4.78 is 5.81. The maximum absolute atomic E-state index is 5.81. The van der Waals surface area contributed by atoms with Crippen LogP contribution in [0.15, 0.2) is 132 Å². The van der Waals surface area contributed by atoms with E-state index >= 15 is 0 Å². The van der Waals surface area contributed by atoms with Crippen LogP contribution >= 0.6 is 0 Å². The molecule has 0 radical (unpaired) electrons. The second-order valence-electron chi connectivity index (χ2n) is 12.8. The van der Waals surface area contributed by atoms with Crippen LogP contribution in [0.2, 0.25) is 0 Å². The molecule has 0 aliphatic carbocycles. The molecule has 0 bridgehead atoms. The summed E-state index contributed by atoms with van der Waals surface area (Å²) in [5, 5.41) is 2.45. The SMILES string of the molecule is CC(C)Cc1ccc(-c2ccccc2)cc1.CC(C)Cc1ccc2oc3ccccc3c2c1.CC(C)Cc1ccccc1. The molecular formula is C42H48O. The number of hydrogen-bond acceptors (Lipinski definition) is 1. The summed E-state index contributed by atoms with van der Waals surface area (Å²) in [7, 11) is 0. The molecule has 6 rings (SSSR count). The maximum atomic E-state index is 5.81. The Hall–Kier alpha value is -4.10. The minimum Gasteiger partial charge on any atom is -0.456 e. The number of benzene rings is 5. The van der Waals surface area contributed by atoms with Gasteiger partial charge in [0, 0.05) is 10.8 Å². The van der Waals surface area contributed by atoms with Gasteiger partial charge in [-0.15, -0.1) is 0 Å². The van der Waals surface area contributed by atoms with E-state index in [4.69, 9.17) is 4.42 Å². The van der Waals surface area contributed by atoms with Crippen molar-refractivity contribution in [3.63, 3.8) is 0 Å². The van der Waals surface area contributed by atoms with Crippen LogP contribution in [0.4, 0.5) is 0 Å². The third kappa shape index (κ3) is 10.00. The van der Waals surface area contributed by atoms with E-state index < -0.39 is 0 Å². The molecule has 222 valence electrons. The van der Waals surface area contributed by atoms with Gasteiger partial charge in [-0.05, 0) is 83.0 Å². The fraction of sp³-hybridized carbons (Fsp3) is 0.286. The summed E-state index contributed by atoms with van der Waals surface area (Å²) in [5.74, 6) is 2.18. The van der Waals surface area contributed by atoms with Crippen molar-refractivity contribution in [1.29, 1.82) is 0 Å². The molecule has 0 aliphatic rings. The van der Waals surface area contributed by atoms with Crippen LogP contribution < -0.4 is 0 Å². The first-order valence-electron chi connectivity index (χ1n) is 15.9. The summed E-state index contributed by atoms with van der Waals surface area (Å²) in [4.78, 5) is 0. The lowest BCUT2D eigenvalue weighted by Crippen LogP contribution is -1.93. The molecular weight excluding hydrogens is 520 g/mol. The minimum atomic E-state index is 0.686. The van der Waals surface area contributed by atoms with Gasteiger partial charge in [0.25, 0.3) is 0 Å². The molecule has 6 aromatic rings. The van der Waals surface area contributed by atoms with Crippen molar-refractivity contribution in [1.82, 2.24) is 0 Å².